The number of anilines is 1. The number of hydrogen-bond acceptors (Lipinski definition) is 4. The molecule has 28 heavy (non-hydrogen) atoms. The van der Waals surface area contributed by atoms with Gasteiger partial charge in [0.25, 0.3) is 0 Å². The molecule has 0 fully saturated rings. The van der Waals surface area contributed by atoms with Crippen LogP contribution in [0.3, 0.4) is 0 Å². The van der Waals surface area contributed by atoms with Gasteiger partial charge >= 0.3 is 5.97 Å². The molecular formula is C22H29NO5. The number of amides is 1. The lowest BCUT2D eigenvalue weighted by atomic mass is 9.99. The van der Waals surface area contributed by atoms with Gasteiger partial charge in [-0.3, -0.25) is 4.79 Å². The molecule has 1 aromatic carbocycles. The van der Waals surface area contributed by atoms with Gasteiger partial charge in [0, 0.05) is 25.6 Å². The number of aliphatic hydroxyl groups excluding tert-OH is 1. The Bertz CT molecular complexity index is 778. The maximum Gasteiger partial charge on any atom is 0.371 e. The van der Waals surface area contributed by atoms with Crippen molar-refractivity contribution in [3.8, 4) is 0 Å². The predicted molar refractivity (Wildman–Crippen MR) is 107 cm³/mol. The topological polar surface area (TPSA) is 91.0 Å². The van der Waals surface area contributed by atoms with E-state index in [0.717, 1.165) is 24.1 Å². The average Bonchev–Trinajstić information content (AvgIpc) is 3.10. The van der Waals surface area contributed by atoms with Gasteiger partial charge in [-0.15, -0.1) is 0 Å². The highest BCUT2D eigenvalue weighted by atomic mass is 16.4. The zero-order chi connectivity index (χ0) is 20.7. The number of aliphatic hydroxyl groups is 1. The Kier molecular flexibility index (Phi) is 7.81. The standard InChI is InChI=1S/C22H29NO5/c1-15(2)14-20(25)17-7-9-18(10-8-17)23(16(3)24)13-5-4-6-19-11-12-21(28-19)22(26)27/h7-12,15,20,25H,4-6,13-14H2,1-3H3,(H,26,27). The number of carbonyl (C=O) groups is 2. The van der Waals surface area contributed by atoms with Gasteiger partial charge in [-0.05, 0) is 55.0 Å². The summed E-state index contributed by atoms with van der Waals surface area (Å²) >= 11 is 0. The summed E-state index contributed by atoms with van der Waals surface area (Å²) in [5.41, 5.74) is 1.66. The average molecular weight is 387 g/mol. The maximum atomic E-state index is 12.0. The molecule has 0 saturated heterocycles. The van der Waals surface area contributed by atoms with E-state index in [9.17, 15) is 14.7 Å². The van der Waals surface area contributed by atoms with Crippen molar-refractivity contribution >= 4 is 17.6 Å². The van der Waals surface area contributed by atoms with Crippen molar-refractivity contribution in [2.24, 2.45) is 5.92 Å². The number of aromatic carboxylic acids is 1. The highest BCUT2D eigenvalue weighted by Crippen LogP contribution is 2.24. The molecule has 0 aliphatic carbocycles. The van der Waals surface area contributed by atoms with Crippen LogP contribution in [0.5, 0.6) is 0 Å². The Labute approximate surface area is 165 Å². The van der Waals surface area contributed by atoms with Gasteiger partial charge in [-0.1, -0.05) is 26.0 Å². The third-order valence-corrected chi connectivity index (χ3v) is 4.59. The van der Waals surface area contributed by atoms with Crippen LogP contribution in [0.25, 0.3) is 0 Å². The van der Waals surface area contributed by atoms with E-state index in [-0.39, 0.29) is 11.7 Å². The number of rotatable bonds is 10. The van der Waals surface area contributed by atoms with Gasteiger partial charge in [0.05, 0.1) is 6.10 Å². The van der Waals surface area contributed by atoms with E-state index in [1.807, 2.05) is 24.3 Å². The molecular weight excluding hydrogens is 358 g/mol. The molecule has 152 valence electrons. The number of carboxylic acids is 1. The second-order valence-electron chi connectivity index (χ2n) is 7.44. The molecule has 1 atom stereocenters. The fraction of sp³-hybridized carbons (Fsp3) is 0.455. The lowest BCUT2D eigenvalue weighted by Gasteiger charge is -2.22. The Morgan fingerprint density at radius 2 is 1.75 bits per heavy atom. The van der Waals surface area contributed by atoms with E-state index in [1.54, 1.807) is 11.0 Å². The second-order valence-corrected chi connectivity index (χ2v) is 7.44. The first-order valence-corrected chi connectivity index (χ1v) is 9.66. The van der Waals surface area contributed by atoms with Gasteiger partial charge in [-0.25, -0.2) is 4.79 Å². The molecule has 0 saturated carbocycles. The SMILES string of the molecule is CC(=O)N(CCCCc1ccc(C(=O)O)o1)c1ccc(C(O)CC(C)C)cc1. The van der Waals surface area contributed by atoms with Crippen molar-refractivity contribution in [2.45, 2.75) is 52.6 Å². The van der Waals surface area contributed by atoms with Crippen LogP contribution in [0, 0.1) is 5.92 Å². The van der Waals surface area contributed by atoms with Gasteiger partial charge in [0.15, 0.2) is 0 Å². The molecule has 1 aromatic heterocycles. The van der Waals surface area contributed by atoms with E-state index < -0.39 is 12.1 Å². The zero-order valence-electron chi connectivity index (χ0n) is 16.7. The van der Waals surface area contributed by atoms with Crippen LogP contribution in [0.1, 0.15) is 68.0 Å². The lowest BCUT2D eigenvalue weighted by molar-refractivity contribution is -0.116. The molecule has 2 N–H and O–H groups in total. The van der Waals surface area contributed by atoms with Crippen molar-refractivity contribution in [3.05, 3.63) is 53.5 Å². The number of carbonyl (C=O) groups excluding carboxylic acids is 1. The number of aryl methyl sites for hydroxylation is 1. The molecule has 1 heterocycles. The molecule has 0 aliphatic heterocycles. The lowest BCUT2D eigenvalue weighted by Crippen LogP contribution is -2.29. The van der Waals surface area contributed by atoms with E-state index in [0.29, 0.717) is 31.1 Å². The van der Waals surface area contributed by atoms with Crippen molar-refractivity contribution in [1.29, 1.82) is 0 Å². The summed E-state index contributed by atoms with van der Waals surface area (Å²) in [5.74, 6) is -0.128. The highest BCUT2D eigenvalue weighted by molar-refractivity contribution is 5.91. The van der Waals surface area contributed by atoms with Gasteiger partial charge in [0.1, 0.15) is 5.76 Å². The minimum absolute atomic E-state index is 0.0401. The predicted octanol–water partition coefficient (Wildman–Crippen LogP) is 4.43. The van der Waals surface area contributed by atoms with E-state index in [2.05, 4.69) is 13.8 Å². The summed E-state index contributed by atoms with van der Waals surface area (Å²) in [7, 11) is 0. The van der Waals surface area contributed by atoms with Crippen molar-refractivity contribution < 1.29 is 24.2 Å². The Morgan fingerprint density at radius 1 is 1.07 bits per heavy atom. The monoisotopic (exact) mass is 387 g/mol. The number of unbranched alkanes of at least 4 members (excludes halogenated alkanes) is 1. The van der Waals surface area contributed by atoms with Gasteiger partial charge in [0.2, 0.25) is 11.7 Å². The summed E-state index contributed by atoms with van der Waals surface area (Å²) < 4.78 is 5.24. The van der Waals surface area contributed by atoms with Crippen LogP contribution in [0.15, 0.2) is 40.8 Å². The summed E-state index contributed by atoms with van der Waals surface area (Å²) in [6.07, 6.45) is 2.37. The minimum atomic E-state index is -1.07. The smallest absolute Gasteiger partial charge is 0.371 e. The first-order chi connectivity index (χ1) is 13.3. The molecule has 2 rings (SSSR count). The Hall–Kier alpha value is -2.60. The molecule has 6 nitrogen and oxygen atoms in total. The molecule has 0 spiro atoms. The fourth-order valence-corrected chi connectivity index (χ4v) is 3.12. The van der Waals surface area contributed by atoms with Crippen LogP contribution >= 0.6 is 0 Å². The number of nitrogens with zero attached hydrogens (tertiary/aromatic N) is 1. The molecule has 0 bridgehead atoms. The van der Waals surface area contributed by atoms with Crippen LogP contribution < -0.4 is 4.90 Å². The largest absolute Gasteiger partial charge is 0.475 e. The first-order valence-electron chi connectivity index (χ1n) is 9.66. The summed E-state index contributed by atoms with van der Waals surface area (Å²) in [5, 5.41) is 19.1. The first kappa shape index (κ1) is 21.7. The summed E-state index contributed by atoms with van der Waals surface area (Å²) in [4.78, 5) is 24.6. The minimum Gasteiger partial charge on any atom is -0.475 e. The van der Waals surface area contributed by atoms with E-state index in [1.165, 1.54) is 13.0 Å². The molecule has 6 heteroatoms. The van der Waals surface area contributed by atoms with Crippen molar-refractivity contribution in [1.82, 2.24) is 0 Å². The quantitative estimate of drug-likeness (QED) is 0.588. The molecule has 2 aromatic rings. The fourth-order valence-electron chi connectivity index (χ4n) is 3.12. The molecule has 0 aliphatic rings. The van der Waals surface area contributed by atoms with Crippen molar-refractivity contribution in [2.75, 3.05) is 11.4 Å². The Balaban J connectivity index is 1.90. The van der Waals surface area contributed by atoms with Crippen LogP contribution in [-0.2, 0) is 11.2 Å². The highest BCUT2D eigenvalue weighted by Gasteiger charge is 2.14. The van der Waals surface area contributed by atoms with E-state index >= 15 is 0 Å². The molecule has 0 radical (unpaired) electrons. The third-order valence-electron chi connectivity index (χ3n) is 4.59. The number of benzene rings is 1. The molecule has 1 unspecified atom stereocenters. The number of furan rings is 1. The summed E-state index contributed by atoms with van der Waals surface area (Å²) in [6, 6.07) is 10.6. The van der Waals surface area contributed by atoms with Crippen molar-refractivity contribution in [3.63, 3.8) is 0 Å². The Morgan fingerprint density at radius 3 is 2.29 bits per heavy atom. The molecule has 1 amide bonds. The van der Waals surface area contributed by atoms with Gasteiger partial charge < -0.3 is 19.5 Å². The maximum absolute atomic E-state index is 12.0. The zero-order valence-corrected chi connectivity index (χ0v) is 16.7. The third kappa shape index (κ3) is 6.23. The number of carboxylic acid groups (broad SMARTS) is 1. The normalized spacial score (nSPS) is 12.2. The van der Waals surface area contributed by atoms with Crippen LogP contribution in [0.4, 0.5) is 5.69 Å². The van der Waals surface area contributed by atoms with Gasteiger partial charge in [-0.2, -0.15) is 0 Å². The number of hydrogen-bond donors (Lipinski definition) is 2. The van der Waals surface area contributed by atoms with E-state index in [4.69, 9.17) is 9.52 Å². The summed E-state index contributed by atoms with van der Waals surface area (Å²) in [6.45, 7) is 6.24. The van der Waals surface area contributed by atoms with Crippen LogP contribution in [0.2, 0.25) is 0 Å². The van der Waals surface area contributed by atoms with Crippen LogP contribution in [-0.4, -0.2) is 28.6 Å². The second kappa shape index (κ2) is 10.1.